The Kier molecular flexibility index (Phi) is 4.10. The zero-order valence-electron chi connectivity index (χ0n) is 11.7. The molecule has 2 N–H and O–H groups in total. The third-order valence-corrected chi connectivity index (χ3v) is 3.76. The van der Waals surface area contributed by atoms with Gasteiger partial charge in [0.2, 0.25) is 0 Å². The number of hydrogen-bond acceptors (Lipinski definition) is 3. The molecule has 1 saturated heterocycles. The molecule has 1 atom stereocenters. The van der Waals surface area contributed by atoms with Gasteiger partial charge < -0.3 is 15.4 Å². The summed E-state index contributed by atoms with van der Waals surface area (Å²) < 4.78 is 5.52. The first-order valence-corrected chi connectivity index (χ1v) is 6.81. The van der Waals surface area contributed by atoms with Crippen molar-refractivity contribution in [2.45, 2.75) is 20.3 Å². The van der Waals surface area contributed by atoms with Gasteiger partial charge in [-0.3, -0.25) is 4.79 Å². The van der Waals surface area contributed by atoms with E-state index in [0.29, 0.717) is 24.5 Å². The van der Waals surface area contributed by atoms with Crippen molar-refractivity contribution in [3.05, 3.63) is 29.8 Å². The quantitative estimate of drug-likeness (QED) is 0.901. The molecule has 0 spiro atoms. The molecule has 19 heavy (non-hydrogen) atoms. The van der Waals surface area contributed by atoms with E-state index >= 15 is 0 Å². The number of carbonyl (C=O) groups is 1. The van der Waals surface area contributed by atoms with Crippen LogP contribution in [0.5, 0.6) is 5.75 Å². The topological polar surface area (TPSA) is 55.6 Å². The van der Waals surface area contributed by atoms with E-state index in [1.165, 1.54) is 0 Å². The van der Waals surface area contributed by atoms with Crippen LogP contribution < -0.4 is 10.5 Å². The lowest BCUT2D eigenvalue weighted by molar-refractivity contribution is 0.0772. The summed E-state index contributed by atoms with van der Waals surface area (Å²) in [5, 5.41) is 0. The number of likely N-dealkylation sites (tertiary alicyclic amines) is 1. The van der Waals surface area contributed by atoms with E-state index in [9.17, 15) is 4.79 Å². The van der Waals surface area contributed by atoms with Crippen molar-refractivity contribution in [2.24, 2.45) is 11.1 Å². The van der Waals surface area contributed by atoms with Crippen molar-refractivity contribution >= 4 is 5.91 Å². The van der Waals surface area contributed by atoms with E-state index < -0.39 is 0 Å². The first-order chi connectivity index (χ1) is 9.09. The molecule has 1 unspecified atom stereocenters. The molecule has 0 bridgehead atoms. The Morgan fingerprint density at radius 3 is 2.84 bits per heavy atom. The maximum absolute atomic E-state index is 12.6. The predicted molar refractivity (Wildman–Crippen MR) is 75.3 cm³/mol. The average Bonchev–Trinajstić information content (AvgIpc) is 2.83. The molecule has 1 aliphatic rings. The van der Waals surface area contributed by atoms with Crippen molar-refractivity contribution in [3.8, 4) is 5.75 Å². The van der Waals surface area contributed by atoms with Crippen molar-refractivity contribution in [2.75, 3.05) is 26.2 Å². The summed E-state index contributed by atoms with van der Waals surface area (Å²) >= 11 is 0. The Morgan fingerprint density at radius 1 is 1.47 bits per heavy atom. The second-order valence-electron chi connectivity index (χ2n) is 5.42. The number of benzene rings is 1. The molecule has 104 valence electrons. The number of carbonyl (C=O) groups excluding carboxylic acids is 1. The number of hydrogen-bond donors (Lipinski definition) is 1. The molecule has 0 aliphatic carbocycles. The molecule has 0 aromatic heterocycles. The minimum absolute atomic E-state index is 0.0428. The third-order valence-electron chi connectivity index (χ3n) is 3.76. The van der Waals surface area contributed by atoms with Crippen molar-refractivity contribution < 1.29 is 9.53 Å². The minimum atomic E-state index is 0.0428. The summed E-state index contributed by atoms with van der Waals surface area (Å²) in [7, 11) is 0. The van der Waals surface area contributed by atoms with Gasteiger partial charge in [-0.1, -0.05) is 19.1 Å². The highest BCUT2D eigenvalue weighted by Crippen LogP contribution is 2.31. The van der Waals surface area contributed by atoms with Gasteiger partial charge in [0, 0.05) is 13.1 Å². The maximum atomic E-state index is 12.6. The van der Waals surface area contributed by atoms with Crippen molar-refractivity contribution in [1.82, 2.24) is 4.90 Å². The highest BCUT2D eigenvalue weighted by Gasteiger charge is 2.35. The zero-order valence-corrected chi connectivity index (χ0v) is 11.7. The molecule has 0 saturated carbocycles. The molecule has 1 fully saturated rings. The molecule has 4 heteroatoms. The molecular weight excluding hydrogens is 240 g/mol. The van der Waals surface area contributed by atoms with Gasteiger partial charge in [-0.05, 0) is 37.4 Å². The van der Waals surface area contributed by atoms with Gasteiger partial charge in [-0.2, -0.15) is 0 Å². The van der Waals surface area contributed by atoms with Crippen LogP contribution in [0, 0.1) is 5.41 Å². The van der Waals surface area contributed by atoms with E-state index in [1.54, 1.807) is 0 Å². The highest BCUT2D eigenvalue weighted by molar-refractivity contribution is 5.97. The maximum Gasteiger partial charge on any atom is 0.257 e. The van der Waals surface area contributed by atoms with Crippen LogP contribution in [0.4, 0.5) is 0 Å². The van der Waals surface area contributed by atoms with Crippen LogP contribution in [-0.2, 0) is 0 Å². The van der Waals surface area contributed by atoms with Crippen LogP contribution in [0.15, 0.2) is 24.3 Å². The van der Waals surface area contributed by atoms with Crippen molar-refractivity contribution in [1.29, 1.82) is 0 Å². The van der Waals surface area contributed by atoms with Gasteiger partial charge in [0.25, 0.3) is 5.91 Å². The summed E-state index contributed by atoms with van der Waals surface area (Å²) in [5.41, 5.74) is 6.48. The Balaban J connectivity index is 2.17. The fourth-order valence-corrected chi connectivity index (χ4v) is 2.46. The minimum Gasteiger partial charge on any atom is -0.493 e. The van der Waals surface area contributed by atoms with Gasteiger partial charge in [0.15, 0.2) is 0 Å². The van der Waals surface area contributed by atoms with Crippen LogP contribution in [0.1, 0.15) is 30.6 Å². The van der Waals surface area contributed by atoms with E-state index in [0.717, 1.165) is 19.5 Å². The largest absolute Gasteiger partial charge is 0.493 e. The van der Waals surface area contributed by atoms with Crippen molar-refractivity contribution in [3.63, 3.8) is 0 Å². The summed E-state index contributed by atoms with van der Waals surface area (Å²) in [6, 6.07) is 7.42. The molecule has 1 aromatic carbocycles. The van der Waals surface area contributed by atoms with Gasteiger partial charge in [0.05, 0.1) is 12.2 Å². The third kappa shape index (κ3) is 2.89. The van der Waals surface area contributed by atoms with Crippen LogP contribution in [0.25, 0.3) is 0 Å². The van der Waals surface area contributed by atoms with E-state index in [1.807, 2.05) is 36.1 Å². The van der Waals surface area contributed by atoms with Gasteiger partial charge in [-0.15, -0.1) is 0 Å². The first kappa shape index (κ1) is 13.9. The molecule has 1 amide bonds. The number of para-hydroxylation sites is 1. The fraction of sp³-hybridized carbons (Fsp3) is 0.533. The molecule has 1 heterocycles. The average molecular weight is 262 g/mol. The Labute approximate surface area is 114 Å². The normalized spacial score (nSPS) is 22.6. The fourth-order valence-electron chi connectivity index (χ4n) is 2.46. The standard InChI is InChI=1S/C15H22N2O2/c1-3-19-13-7-5-4-6-12(13)14(18)17-9-8-15(2,10-16)11-17/h4-7H,3,8-11,16H2,1-2H3. The lowest BCUT2D eigenvalue weighted by Gasteiger charge is -2.23. The Morgan fingerprint density at radius 2 is 2.21 bits per heavy atom. The predicted octanol–water partition coefficient (Wildman–Crippen LogP) is 1.90. The first-order valence-electron chi connectivity index (χ1n) is 6.81. The van der Waals surface area contributed by atoms with Gasteiger partial charge in [0.1, 0.15) is 5.75 Å². The van der Waals surface area contributed by atoms with Crippen LogP contribution in [0.3, 0.4) is 0 Å². The summed E-state index contributed by atoms with van der Waals surface area (Å²) in [6.07, 6.45) is 0.964. The molecule has 0 radical (unpaired) electrons. The Bertz CT molecular complexity index is 461. The molecule has 4 nitrogen and oxygen atoms in total. The van der Waals surface area contributed by atoms with E-state index in [2.05, 4.69) is 6.92 Å². The monoisotopic (exact) mass is 262 g/mol. The molecule has 2 rings (SSSR count). The number of amides is 1. The summed E-state index contributed by atoms with van der Waals surface area (Å²) in [6.45, 7) is 6.72. The van der Waals surface area contributed by atoms with Crippen LogP contribution in [0.2, 0.25) is 0 Å². The number of nitrogens with zero attached hydrogens (tertiary/aromatic N) is 1. The second-order valence-corrected chi connectivity index (χ2v) is 5.42. The summed E-state index contributed by atoms with van der Waals surface area (Å²) in [4.78, 5) is 14.4. The smallest absolute Gasteiger partial charge is 0.257 e. The molecular formula is C15H22N2O2. The SMILES string of the molecule is CCOc1ccccc1C(=O)N1CCC(C)(CN)C1. The van der Waals surface area contributed by atoms with E-state index in [4.69, 9.17) is 10.5 Å². The van der Waals surface area contributed by atoms with Crippen LogP contribution >= 0.6 is 0 Å². The number of nitrogens with two attached hydrogens (primary N) is 1. The molecule has 1 aliphatic heterocycles. The Hall–Kier alpha value is -1.55. The van der Waals surface area contributed by atoms with Crippen LogP contribution in [-0.4, -0.2) is 37.0 Å². The van der Waals surface area contributed by atoms with Gasteiger partial charge >= 0.3 is 0 Å². The highest BCUT2D eigenvalue weighted by atomic mass is 16.5. The second kappa shape index (κ2) is 5.61. The molecule has 1 aromatic rings. The zero-order chi connectivity index (χ0) is 13.9. The van der Waals surface area contributed by atoms with E-state index in [-0.39, 0.29) is 11.3 Å². The lowest BCUT2D eigenvalue weighted by Crippen LogP contribution is -2.34. The lowest BCUT2D eigenvalue weighted by atomic mass is 9.90. The van der Waals surface area contributed by atoms with Gasteiger partial charge in [-0.25, -0.2) is 0 Å². The number of ether oxygens (including phenoxy) is 1. The number of rotatable bonds is 4. The summed E-state index contributed by atoms with van der Waals surface area (Å²) in [5.74, 6) is 0.706.